The molecule has 2 aromatic rings. The maximum Gasteiger partial charge on any atom is 0.394 e. The van der Waals surface area contributed by atoms with Crippen LogP contribution in [0.5, 0.6) is 0 Å². The predicted octanol–water partition coefficient (Wildman–Crippen LogP) is 3.59. The third-order valence-corrected chi connectivity index (χ3v) is 4.32. The van der Waals surface area contributed by atoms with E-state index in [2.05, 4.69) is 4.98 Å². The van der Waals surface area contributed by atoms with Gasteiger partial charge in [-0.15, -0.1) is 0 Å². The highest BCUT2D eigenvalue weighted by Crippen LogP contribution is 2.40. The lowest BCUT2D eigenvalue weighted by molar-refractivity contribution is -0.187. The Hall–Kier alpha value is -2.02. The molecule has 1 aromatic carbocycles. The van der Waals surface area contributed by atoms with E-state index < -0.39 is 24.0 Å². The summed E-state index contributed by atoms with van der Waals surface area (Å²) in [7, 11) is 0. The molecule has 1 aliphatic heterocycles. The third kappa shape index (κ3) is 2.93. The van der Waals surface area contributed by atoms with Gasteiger partial charge in [-0.25, -0.2) is 0 Å². The minimum absolute atomic E-state index is 0.193. The minimum atomic E-state index is -4.55. The van der Waals surface area contributed by atoms with Gasteiger partial charge in [-0.1, -0.05) is 11.6 Å². The van der Waals surface area contributed by atoms with Crippen molar-refractivity contribution in [3.63, 3.8) is 0 Å². The Labute approximate surface area is 134 Å². The first kappa shape index (κ1) is 15.9. The second-order valence-electron chi connectivity index (χ2n) is 5.49. The fourth-order valence-electron chi connectivity index (χ4n) is 2.96. The van der Waals surface area contributed by atoms with Crippen LogP contribution in [0.2, 0.25) is 5.02 Å². The number of aromatic nitrogens is 1. The third-order valence-electron chi connectivity index (χ3n) is 4.08. The fraction of sp³-hybridized carbons (Fsp3) is 0.333. The van der Waals surface area contributed by atoms with Crippen LogP contribution in [-0.2, 0) is 4.79 Å². The predicted molar refractivity (Wildman–Crippen MR) is 79.6 cm³/mol. The zero-order chi connectivity index (χ0) is 16.8. The number of rotatable bonds is 2. The van der Waals surface area contributed by atoms with Crippen molar-refractivity contribution in [3.05, 3.63) is 35.5 Å². The Bertz CT molecular complexity index is 766. The van der Waals surface area contributed by atoms with E-state index in [4.69, 9.17) is 16.7 Å². The van der Waals surface area contributed by atoms with Crippen molar-refractivity contribution in [1.82, 2.24) is 4.98 Å². The number of nitrogens with zero attached hydrogens (tertiary/aromatic N) is 2. The van der Waals surface area contributed by atoms with Crippen LogP contribution in [0.1, 0.15) is 0 Å². The Morgan fingerprint density at radius 1 is 1.30 bits per heavy atom. The number of hydrogen-bond acceptors (Lipinski definition) is 3. The van der Waals surface area contributed by atoms with E-state index in [9.17, 15) is 18.0 Å². The number of alkyl halides is 3. The molecule has 1 saturated heterocycles. The van der Waals surface area contributed by atoms with Gasteiger partial charge in [-0.2, -0.15) is 13.2 Å². The minimum Gasteiger partial charge on any atom is -0.481 e. The number of carboxylic acids is 1. The summed E-state index contributed by atoms with van der Waals surface area (Å²) in [6.07, 6.45) is -3.07. The first-order valence-electron chi connectivity index (χ1n) is 6.86. The molecule has 3 rings (SSSR count). The lowest BCUT2D eigenvalue weighted by Gasteiger charge is -2.21. The van der Waals surface area contributed by atoms with Crippen LogP contribution in [0, 0.1) is 11.8 Å². The molecule has 0 saturated carbocycles. The number of aliphatic carboxylic acids is 1. The van der Waals surface area contributed by atoms with E-state index in [0.717, 1.165) is 0 Å². The van der Waals surface area contributed by atoms with Crippen molar-refractivity contribution in [2.45, 2.75) is 6.18 Å². The van der Waals surface area contributed by atoms with E-state index >= 15 is 0 Å². The van der Waals surface area contributed by atoms with Crippen molar-refractivity contribution >= 4 is 34.2 Å². The first-order chi connectivity index (χ1) is 10.8. The molecular formula is C15H12ClF3N2O2. The maximum atomic E-state index is 13.1. The fourth-order valence-corrected chi connectivity index (χ4v) is 3.13. The van der Waals surface area contributed by atoms with Gasteiger partial charge in [0.15, 0.2) is 0 Å². The average Bonchev–Trinajstić information content (AvgIpc) is 2.91. The van der Waals surface area contributed by atoms with Crippen LogP contribution in [-0.4, -0.2) is 35.3 Å². The van der Waals surface area contributed by atoms with Crippen LogP contribution < -0.4 is 4.90 Å². The van der Waals surface area contributed by atoms with E-state index in [1.807, 2.05) is 0 Å². The first-order valence-corrected chi connectivity index (χ1v) is 7.24. The number of hydrogen-bond donors (Lipinski definition) is 1. The van der Waals surface area contributed by atoms with E-state index in [-0.39, 0.29) is 13.1 Å². The van der Waals surface area contributed by atoms with Gasteiger partial charge in [0.25, 0.3) is 0 Å². The molecule has 0 unspecified atom stereocenters. The summed E-state index contributed by atoms with van der Waals surface area (Å²) < 4.78 is 39.3. The van der Waals surface area contributed by atoms with Crippen molar-refractivity contribution in [2.75, 3.05) is 18.0 Å². The van der Waals surface area contributed by atoms with Gasteiger partial charge in [-0.05, 0) is 24.3 Å². The largest absolute Gasteiger partial charge is 0.481 e. The molecule has 2 atom stereocenters. The molecule has 4 nitrogen and oxygen atoms in total. The summed E-state index contributed by atoms with van der Waals surface area (Å²) in [5.41, 5.74) is 1.09. The molecule has 0 bridgehead atoms. The summed E-state index contributed by atoms with van der Waals surface area (Å²) >= 11 is 5.90. The Morgan fingerprint density at radius 3 is 2.65 bits per heavy atom. The summed E-state index contributed by atoms with van der Waals surface area (Å²) in [6.45, 7) is -0.580. The molecule has 0 radical (unpaired) electrons. The monoisotopic (exact) mass is 344 g/mol. The standard InChI is InChI=1S/C15H12ClF3N2O2/c16-8-1-2-9-12(5-8)20-4-3-13(9)21-6-10(14(22)23)11(7-21)15(17,18)19/h1-5,10-11H,6-7H2,(H,22,23)/t10-,11-/m1/s1. The number of halogens is 4. The van der Waals surface area contributed by atoms with Gasteiger partial charge in [0.05, 0.1) is 17.4 Å². The second kappa shape index (κ2) is 5.56. The SMILES string of the molecule is O=C(O)[C@@H]1CN(c2ccnc3cc(Cl)ccc23)C[C@H]1C(F)(F)F. The zero-order valence-electron chi connectivity index (χ0n) is 11.7. The number of fused-ring (bicyclic) bond motifs is 1. The van der Waals surface area contributed by atoms with Gasteiger partial charge >= 0.3 is 12.1 Å². The molecule has 0 aliphatic carbocycles. The van der Waals surface area contributed by atoms with E-state index in [1.165, 1.54) is 11.1 Å². The quantitative estimate of drug-likeness (QED) is 0.904. The highest BCUT2D eigenvalue weighted by atomic mass is 35.5. The molecule has 1 aliphatic rings. The number of carboxylic acid groups (broad SMARTS) is 1. The van der Waals surface area contributed by atoms with Crippen molar-refractivity contribution in [3.8, 4) is 0 Å². The van der Waals surface area contributed by atoms with Crippen molar-refractivity contribution in [2.24, 2.45) is 11.8 Å². The molecule has 122 valence electrons. The van der Waals surface area contributed by atoms with Crippen molar-refractivity contribution in [1.29, 1.82) is 0 Å². The van der Waals surface area contributed by atoms with Gasteiger partial charge < -0.3 is 10.0 Å². The highest BCUT2D eigenvalue weighted by molar-refractivity contribution is 6.31. The molecule has 0 amide bonds. The Kier molecular flexibility index (Phi) is 3.83. The zero-order valence-corrected chi connectivity index (χ0v) is 12.5. The van der Waals surface area contributed by atoms with Crippen LogP contribution in [0.15, 0.2) is 30.5 Å². The van der Waals surface area contributed by atoms with Crippen LogP contribution in [0.3, 0.4) is 0 Å². The van der Waals surface area contributed by atoms with Crippen LogP contribution in [0.4, 0.5) is 18.9 Å². The van der Waals surface area contributed by atoms with E-state index in [1.54, 1.807) is 24.3 Å². The highest BCUT2D eigenvalue weighted by Gasteiger charge is 2.52. The molecular weight excluding hydrogens is 333 g/mol. The molecule has 2 heterocycles. The van der Waals surface area contributed by atoms with Crippen molar-refractivity contribution < 1.29 is 23.1 Å². The lowest BCUT2D eigenvalue weighted by atomic mass is 9.96. The topological polar surface area (TPSA) is 53.4 Å². The number of pyridine rings is 1. The number of carbonyl (C=O) groups is 1. The molecule has 8 heteroatoms. The number of benzene rings is 1. The molecule has 0 spiro atoms. The average molecular weight is 345 g/mol. The Morgan fingerprint density at radius 2 is 2.04 bits per heavy atom. The molecule has 23 heavy (non-hydrogen) atoms. The Balaban J connectivity index is 2.02. The summed E-state index contributed by atoms with van der Waals surface area (Å²) in [4.78, 5) is 16.8. The molecule has 1 aromatic heterocycles. The summed E-state index contributed by atoms with van der Waals surface area (Å²) in [6, 6.07) is 6.51. The number of anilines is 1. The van der Waals surface area contributed by atoms with Crippen LogP contribution >= 0.6 is 11.6 Å². The summed E-state index contributed by atoms with van der Waals surface area (Å²) in [5, 5.41) is 10.2. The molecule has 1 fully saturated rings. The van der Waals surface area contributed by atoms with Gasteiger partial charge in [0, 0.05) is 35.4 Å². The van der Waals surface area contributed by atoms with Gasteiger partial charge in [0.2, 0.25) is 0 Å². The van der Waals surface area contributed by atoms with E-state index in [0.29, 0.717) is 21.6 Å². The molecule has 1 N–H and O–H groups in total. The second-order valence-corrected chi connectivity index (χ2v) is 5.93. The van der Waals surface area contributed by atoms with Crippen LogP contribution in [0.25, 0.3) is 10.9 Å². The maximum absolute atomic E-state index is 13.1. The summed E-state index contributed by atoms with van der Waals surface area (Å²) in [5.74, 6) is -4.81. The smallest absolute Gasteiger partial charge is 0.394 e. The van der Waals surface area contributed by atoms with Gasteiger partial charge in [0.1, 0.15) is 0 Å². The normalized spacial score (nSPS) is 21.8. The van der Waals surface area contributed by atoms with Gasteiger partial charge in [-0.3, -0.25) is 9.78 Å². The lowest BCUT2D eigenvalue weighted by Crippen LogP contribution is -2.33.